The van der Waals surface area contributed by atoms with Crippen molar-refractivity contribution in [2.75, 3.05) is 25.3 Å². The summed E-state index contributed by atoms with van der Waals surface area (Å²) in [4.78, 5) is 17.1. The van der Waals surface area contributed by atoms with E-state index in [0.29, 0.717) is 27.8 Å². The number of hydrogen-bond donors (Lipinski definition) is 1. The summed E-state index contributed by atoms with van der Waals surface area (Å²) in [5, 5.41) is 13.9. The second-order valence-electron chi connectivity index (χ2n) is 6.49. The Hall–Kier alpha value is -3.24. The normalized spacial score (nSPS) is 10.4. The van der Waals surface area contributed by atoms with Gasteiger partial charge in [0.25, 0.3) is 0 Å². The number of ether oxygens (including phenoxy) is 2. The van der Waals surface area contributed by atoms with Crippen molar-refractivity contribution in [2.45, 2.75) is 18.9 Å². The smallest absolute Gasteiger partial charge is 0.234 e. The third kappa shape index (κ3) is 4.61. The molecule has 29 heavy (non-hydrogen) atoms. The number of fused-ring (bicyclic) bond motifs is 1. The first kappa shape index (κ1) is 20.5. The zero-order valence-electron chi connectivity index (χ0n) is 16.7. The highest BCUT2D eigenvalue weighted by Gasteiger charge is 2.13. The van der Waals surface area contributed by atoms with E-state index in [9.17, 15) is 10.1 Å². The molecule has 6 nitrogen and oxygen atoms in total. The molecule has 0 radical (unpaired) electrons. The van der Waals surface area contributed by atoms with Crippen molar-refractivity contribution < 1.29 is 14.3 Å². The van der Waals surface area contributed by atoms with Gasteiger partial charge in [0.15, 0.2) is 0 Å². The molecule has 2 aromatic carbocycles. The van der Waals surface area contributed by atoms with E-state index in [1.54, 1.807) is 32.4 Å². The molecule has 1 amide bonds. The number of carbonyl (C=O) groups is 1. The maximum Gasteiger partial charge on any atom is 0.234 e. The SMILES string of the molecule is COc1cc(NC(=O)CSc2nc3c(C)ccc(C)c3cc2C#N)cc(OC)c1. The van der Waals surface area contributed by atoms with Gasteiger partial charge < -0.3 is 14.8 Å². The van der Waals surface area contributed by atoms with E-state index in [4.69, 9.17) is 9.47 Å². The highest BCUT2D eigenvalue weighted by molar-refractivity contribution is 8.00. The lowest BCUT2D eigenvalue weighted by atomic mass is 10.0. The van der Waals surface area contributed by atoms with Gasteiger partial charge in [-0.3, -0.25) is 4.79 Å². The van der Waals surface area contributed by atoms with E-state index >= 15 is 0 Å². The maximum absolute atomic E-state index is 12.4. The minimum Gasteiger partial charge on any atom is -0.497 e. The third-order valence-electron chi connectivity index (χ3n) is 4.46. The monoisotopic (exact) mass is 407 g/mol. The quantitative estimate of drug-likeness (QED) is 0.607. The number of methoxy groups -OCH3 is 2. The van der Waals surface area contributed by atoms with Crippen LogP contribution in [0.4, 0.5) is 5.69 Å². The Balaban J connectivity index is 1.79. The minimum atomic E-state index is -0.211. The standard InChI is InChI=1S/C22H21N3O3S/c1-13-5-6-14(2)21-19(13)7-15(11-23)22(25-21)29-12-20(26)24-16-8-17(27-3)10-18(9-16)28-4/h5-10H,12H2,1-4H3,(H,24,26). The molecule has 1 aromatic heterocycles. The van der Waals surface area contributed by atoms with Crippen molar-refractivity contribution in [3.63, 3.8) is 0 Å². The summed E-state index contributed by atoms with van der Waals surface area (Å²) in [6, 6.07) is 13.2. The van der Waals surface area contributed by atoms with Crippen LogP contribution in [0.1, 0.15) is 16.7 Å². The summed E-state index contributed by atoms with van der Waals surface area (Å²) in [5.74, 6) is 1.08. The molecule has 0 unspecified atom stereocenters. The van der Waals surface area contributed by atoms with Gasteiger partial charge in [-0.25, -0.2) is 4.98 Å². The molecule has 0 spiro atoms. The van der Waals surface area contributed by atoms with E-state index in [1.165, 1.54) is 11.8 Å². The third-order valence-corrected chi connectivity index (χ3v) is 5.46. The number of rotatable bonds is 6. The van der Waals surface area contributed by atoms with Crippen LogP contribution in [-0.2, 0) is 4.79 Å². The van der Waals surface area contributed by atoms with Gasteiger partial charge in [-0.15, -0.1) is 0 Å². The Kier molecular flexibility index (Phi) is 6.25. The lowest BCUT2D eigenvalue weighted by molar-refractivity contribution is -0.113. The molecule has 0 saturated carbocycles. The summed E-state index contributed by atoms with van der Waals surface area (Å²) in [6.07, 6.45) is 0. The molecule has 3 rings (SSSR count). The number of nitriles is 1. The fourth-order valence-electron chi connectivity index (χ4n) is 2.92. The molecule has 0 aliphatic heterocycles. The zero-order chi connectivity index (χ0) is 21.0. The first-order valence-corrected chi connectivity index (χ1v) is 9.90. The minimum absolute atomic E-state index is 0.123. The number of nitrogens with one attached hydrogen (secondary N) is 1. The second-order valence-corrected chi connectivity index (χ2v) is 7.45. The van der Waals surface area contributed by atoms with E-state index < -0.39 is 0 Å². The summed E-state index contributed by atoms with van der Waals surface area (Å²) >= 11 is 1.24. The predicted octanol–water partition coefficient (Wildman–Crippen LogP) is 4.47. The number of thioether (sulfide) groups is 1. The van der Waals surface area contributed by atoms with Crippen LogP contribution in [0.25, 0.3) is 10.9 Å². The number of nitrogens with zero attached hydrogens (tertiary/aromatic N) is 2. The Bertz CT molecular complexity index is 1100. The Morgan fingerprint density at radius 2 is 1.76 bits per heavy atom. The molecular formula is C22H21N3O3S. The fourth-order valence-corrected chi connectivity index (χ4v) is 3.67. The zero-order valence-corrected chi connectivity index (χ0v) is 17.5. The van der Waals surface area contributed by atoms with Gasteiger partial charge in [0, 0.05) is 29.3 Å². The van der Waals surface area contributed by atoms with Crippen molar-refractivity contribution in [1.29, 1.82) is 5.26 Å². The highest BCUT2D eigenvalue weighted by atomic mass is 32.2. The van der Waals surface area contributed by atoms with Gasteiger partial charge in [0.2, 0.25) is 5.91 Å². The number of amides is 1. The molecule has 1 N–H and O–H groups in total. The van der Waals surface area contributed by atoms with Gasteiger partial charge in [-0.2, -0.15) is 5.26 Å². The molecule has 7 heteroatoms. The van der Waals surface area contributed by atoms with E-state index in [2.05, 4.69) is 16.4 Å². The molecule has 3 aromatic rings. The maximum atomic E-state index is 12.4. The van der Waals surface area contributed by atoms with Crippen molar-refractivity contribution in [1.82, 2.24) is 4.98 Å². The van der Waals surface area contributed by atoms with Gasteiger partial charge in [0.1, 0.15) is 22.6 Å². The first-order valence-electron chi connectivity index (χ1n) is 8.92. The largest absolute Gasteiger partial charge is 0.497 e. The van der Waals surface area contributed by atoms with Gasteiger partial charge in [-0.05, 0) is 31.0 Å². The molecule has 0 saturated heterocycles. The molecule has 148 valence electrons. The lowest BCUT2D eigenvalue weighted by Crippen LogP contribution is -2.14. The lowest BCUT2D eigenvalue weighted by Gasteiger charge is -2.11. The summed E-state index contributed by atoms with van der Waals surface area (Å²) in [6.45, 7) is 3.98. The molecule has 0 atom stereocenters. The van der Waals surface area contributed by atoms with E-state index in [-0.39, 0.29) is 11.7 Å². The Morgan fingerprint density at radius 1 is 1.10 bits per heavy atom. The van der Waals surface area contributed by atoms with Crippen LogP contribution in [-0.4, -0.2) is 30.9 Å². The van der Waals surface area contributed by atoms with Gasteiger partial charge in [-0.1, -0.05) is 23.9 Å². The summed E-state index contributed by atoms with van der Waals surface area (Å²) in [5.41, 5.74) is 3.99. The van der Waals surface area contributed by atoms with Crippen molar-refractivity contribution in [3.8, 4) is 17.6 Å². The predicted molar refractivity (Wildman–Crippen MR) is 115 cm³/mol. The molecule has 0 bridgehead atoms. The average Bonchev–Trinajstić information content (AvgIpc) is 2.74. The fraction of sp³-hybridized carbons (Fsp3) is 0.227. The topological polar surface area (TPSA) is 84.2 Å². The molecular weight excluding hydrogens is 386 g/mol. The van der Waals surface area contributed by atoms with Crippen LogP contribution in [0, 0.1) is 25.2 Å². The molecule has 0 fully saturated rings. The summed E-state index contributed by atoms with van der Waals surface area (Å²) < 4.78 is 10.4. The average molecular weight is 407 g/mol. The molecule has 0 aliphatic carbocycles. The van der Waals surface area contributed by atoms with Crippen LogP contribution in [0.2, 0.25) is 0 Å². The first-order chi connectivity index (χ1) is 13.9. The van der Waals surface area contributed by atoms with Crippen molar-refractivity contribution in [2.24, 2.45) is 0 Å². The van der Waals surface area contributed by atoms with Crippen LogP contribution < -0.4 is 14.8 Å². The van der Waals surface area contributed by atoms with Crippen LogP contribution in [0.15, 0.2) is 41.4 Å². The molecule has 0 aliphatic rings. The number of carbonyl (C=O) groups excluding carboxylic acids is 1. The van der Waals surface area contributed by atoms with Crippen LogP contribution >= 0.6 is 11.8 Å². The summed E-state index contributed by atoms with van der Waals surface area (Å²) in [7, 11) is 3.10. The Labute approximate surface area is 173 Å². The number of benzene rings is 2. The number of anilines is 1. The van der Waals surface area contributed by atoms with Crippen LogP contribution in [0.3, 0.4) is 0 Å². The van der Waals surface area contributed by atoms with Gasteiger partial charge >= 0.3 is 0 Å². The number of hydrogen-bond acceptors (Lipinski definition) is 6. The van der Waals surface area contributed by atoms with Crippen molar-refractivity contribution >= 4 is 34.3 Å². The second kappa shape index (κ2) is 8.84. The van der Waals surface area contributed by atoms with E-state index in [1.807, 2.05) is 32.0 Å². The van der Waals surface area contributed by atoms with Gasteiger partial charge in [0.05, 0.1) is 31.1 Å². The number of aromatic nitrogens is 1. The number of aryl methyl sites for hydroxylation is 2. The molecule has 1 heterocycles. The number of pyridine rings is 1. The van der Waals surface area contributed by atoms with E-state index in [0.717, 1.165) is 22.0 Å². The van der Waals surface area contributed by atoms with Crippen LogP contribution in [0.5, 0.6) is 11.5 Å². The highest BCUT2D eigenvalue weighted by Crippen LogP contribution is 2.29. The Morgan fingerprint density at radius 3 is 2.38 bits per heavy atom. The van der Waals surface area contributed by atoms with Crippen molar-refractivity contribution in [3.05, 3.63) is 53.1 Å².